The molecule has 0 radical (unpaired) electrons. The summed E-state index contributed by atoms with van der Waals surface area (Å²) in [5, 5.41) is 5.92. The molecule has 1 aliphatic carbocycles. The van der Waals surface area contributed by atoms with Gasteiger partial charge in [-0.3, -0.25) is 9.59 Å². The molecule has 1 aliphatic rings. The lowest BCUT2D eigenvalue weighted by atomic mass is 9.94. The molecule has 1 saturated carbocycles. The molecule has 2 aromatic rings. The van der Waals surface area contributed by atoms with Crippen molar-refractivity contribution in [2.75, 3.05) is 11.9 Å². The van der Waals surface area contributed by atoms with E-state index in [0.717, 1.165) is 36.1 Å². The summed E-state index contributed by atoms with van der Waals surface area (Å²) in [6.07, 6.45) is 2.71. The first-order valence-electron chi connectivity index (χ1n) is 8.82. The molecule has 0 unspecified atom stereocenters. The van der Waals surface area contributed by atoms with Gasteiger partial charge in [-0.1, -0.05) is 37.3 Å². The van der Waals surface area contributed by atoms with Gasteiger partial charge in [-0.15, -0.1) is 0 Å². The fraction of sp³-hybridized carbons (Fsp3) is 0.333. The highest BCUT2D eigenvalue weighted by molar-refractivity contribution is 6.05. The smallest absolute Gasteiger partial charge is 0.255 e. The predicted molar refractivity (Wildman–Crippen MR) is 99.8 cm³/mol. The SMILES string of the molecule is CCCNC(=O)C1(c2ccc(NC(=O)c3ccccc3C)cc2)CC1. The number of anilines is 1. The molecular formula is C21H24N2O2. The monoisotopic (exact) mass is 336 g/mol. The van der Waals surface area contributed by atoms with Gasteiger partial charge in [0.15, 0.2) is 0 Å². The topological polar surface area (TPSA) is 58.2 Å². The molecule has 2 amide bonds. The van der Waals surface area contributed by atoms with Crippen LogP contribution in [0.15, 0.2) is 48.5 Å². The molecule has 4 nitrogen and oxygen atoms in total. The van der Waals surface area contributed by atoms with Crippen LogP contribution in [0.3, 0.4) is 0 Å². The fourth-order valence-corrected chi connectivity index (χ4v) is 3.08. The van der Waals surface area contributed by atoms with Gasteiger partial charge in [0.05, 0.1) is 5.41 Å². The first-order chi connectivity index (χ1) is 12.1. The molecule has 0 bridgehead atoms. The van der Waals surface area contributed by atoms with Crippen molar-refractivity contribution in [1.82, 2.24) is 5.32 Å². The van der Waals surface area contributed by atoms with Crippen LogP contribution in [0.25, 0.3) is 0 Å². The quantitative estimate of drug-likeness (QED) is 0.843. The van der Waals surface area contributed by atoms with Crippen LogP contribution >= 0.6 is 0 Å². The third-order valence-electron chi connectivity index (χ3n) is 4.81. The summed E-state index contributed by atoms with van der Waals surface area (Å²) < 4.78 is 0. The standard InChI is InChI=1S/C21H24N2O2/c1-3-14-22-20(25)21(12-13-21)16-8-10-17(11-9-16)23-19(24)18-7-5-4-6-15(18)2/h4-11H,3,12-14H2,1-2H3,(H,22,25)(H,23,24). The Hall–Kier alpha value is -2.62. The van der Waals surface area contributed by atoms with Crippen molar-refractivity contribution < 1.29 is 9.59 Å². The Labute approximate surface area is 148 Å². The summed E-state index contributed by atoms with van der Waals surface area (Å²) in [5.74, 6) is -0.00119. The largest absolute Gasteiger partial charge is 0.355 e. The van der Waals surface area contributed by atoms with Gasteiger partial charge in [-0.2, -0.15) is 0 Å². The second kappa shape index (κ2) is 7.09. The summed E-state index contributed by atoms with van der Waals surface area (Å²) in [6.45, 7) is 4.68. The van der Waals surface area contributed by atoms with E-state index < -0.39 is 0 Å². The Balaban J connectivity index is 1.70. The molecule has 4 heteroatoms. The van der Waals surface area contributed by atoms with Crippen LogP contribution in [0.5, 0.6) is 0 Å². The zero-order chi connectivity index (χ0) is 17.9. The van der Waals surface area contributed by atoms with Gasteiger partial charge in [0, 0.05) is 17.8 Å². The van der Waals surface area contributed by atoms with Gasteiger partial charge in [0.25, 0.3) is 5.91 Å². The van der Waals surface area contributed by atoms with E-state index in [4.69, 9.17) is 0 Å². The van der Waals surface area contributed by atoms with Crippen molar-refractivity contribution in [2.45, 2.75) is 38.5 Å². The molecule has 2 aromatic carbocycles. The Morgan fingerprint density at radius 3 is 2.32 bits per heavy atom. The second-order valence-corrected chi connectivity index (χ2v) is 6.68. The maximum atomic E-state index is 12.4. The lowest BCUT2D eigenvalue weighted by molar-refractivity contribution is -0.123. The molecule has 3 rings (SSSR count). The fourth-order valence-electron chi connectivity index (χ4n) is 3.08. The van der Waals surface area contributed by atoms with Gasteiger partial charge in [0.1, 0.15) is 0 Å². The zero-order valence-corrected chi connectivity index (χ0v) is 14.8. The normalized spacial score (nSPS) is 14.6. The third kappa shape index (κ3) is 3.58. The molecule has 0 heterocycles. The van der Waals surface area contributed by atoms with Crippen LogP contribution in [0.1, 0.15) is 47.7 Å². The van der Waals surface area contributed by atoms with Gasteiger partial charge >= 0.3 is 0 Å². The number of hydrogen-bond donors (Lipinski definition) is 2. The van der Waals surface area contributed by atoms with Crippen molar-refractivity contribution in [3.63, 3.8) is 0 Å². The number of hydrogen-bond acceptors (Lipinski definition) is 2. The second-order valence-electron chi connectivity index (χ2n) is 6.68. The molecule has 0 aromatic heterocycles. The summed E-state index contributed by atoms with van der Waals surface area (Å²) in [7, 11) is 0. The Bertz CT molecular complexity index is 777. The van der Waals surface area contributed by atoms with E-state index in [2.05, 4.69) is 10.6 Å². The van der Waals surface area contributed by atoms with Crippen molar-refractivity contribution in [1.29, 1.82) is 0 Å². The van der Waals surface area contributed by atoms with E-state index in [1.807, 2.05) is 62.4 Å². The minimum atomic E-state index is -0.367. The van der Waals surface area contributed by atoms with Crippen LogP contribution in [0.4, 0.5) is 5.69 Å². The Morgan fingerprint density at radius 1 is 1.04 bits per heavy atom. The van der Waals surface area contributed by atoms with Crippen molar-refractivity contribution in [2.24, 2.45) is 0 Å². The number of aryl methyl sites for hydroxylation is 1. The van der Waals surface area contributed by atoms with Gasteiger partial charge in [-0.05, 0) is 55.5 Å². The number of rotatable bonds is 6. The number of amides is 2. The van der Waals surface area contributed by atoms with Crippen LogP contribution < -0.4 is 10.6 Å². The molecule has 0 spiro atoms. The molecule has 0 saturated heterocycles. The Kier molecular flexibility index (Phi) is 4.88. The van der Waals surface area contributed by atoms with Crippen molar-refractivity contribution in [3.05, 3.63) is 65.2 Å². The number of carbonyl (C=O) groups is 2. The van der Waals surface area contributed by atoms with E-state index in [1.54, 1.807) is 0 Å². The molecule has 0 aliphatic heterocycles. The molecule has 1 fully saturated rings. The number of carbonyl (C=O) groups excluding carboxylic acids is 2. The molecule has 130 valence electrons. The molecule has 2 N–H and O–H groups in total. The average molecular weight is 336 g/mol. The van der Waals surface area contributed by atoms with Gasteiger partial charge in [0.2, 0.25) is 5.91 Å². The highest BCUT2D eigenvalue weighted by atomic mass is 16.2. The Morgan fingerprint density at radius 2 is 1.72 bits per heavy atom. The minimum Gasteiger partial charge on any atom is -0.355 e. The summed E-state index contributed by atoms with van der Waals surface area (Å²) in [4.78, 5) is 24.8. The number of benzene rings is 2. The maximum absolute atomic E-state index is 12.4. The van der Waals surface area contributed by atoms with Gasteiger partial charge < -0.3 is 10.6 Å². The molecule has 25 heavy (non-hydrogen) atoms. The summed E-state index contributed by atoms with van der Waals surface area (Å²) in [6, 6.07) is 15.2. The highest BCUT2D eigenvalue weighted by Gasteiger charge is 2.50. The van der Waals surface area contributed by atoms with Gasteiger partial charge in [-0.25, -0.2) is 0 Å². The van der Waals surface area contributed by atoms with Crippen LogP contribution in [-0.4, -0.2) is 18.4 Å². The van der Waals surface area contributed by atoms with E-state index in [0.29, 0.717) is 12.1 Å². The lowest BCUT2D eigenvalue weighted by Crippen LogP contribution is -2.35. The van der Waals surface area contributed by atoms with Crippen molar-refractivity contribution in [3.8, 4) is 0 Å². The molecule has 0 atom stereocenters. The van der Waals surface area contributed by atoms with E-state index in [1.165, 1.54) is 0 Å². The third-order valence-corrected chi connectivity index (χ3v) is 4.81. The van der Waals surface area contributed by atoms with E-state index in [9.17, 15) is 9.59 Å². The first kappa shape index (κ1) is 17.2. The predicted octanol–water partition coefficient (Wildman–Crippen LogP) is 3.81. The molecular weight excluding hydrogens is 312 g/mol. The minimum absolute atomic E-state index is 0.117. The number of nitrogens with one attached hydrogen (secondary N) is 2. The average Bonchev–Trinajstić information content (AvgIpc) is 3.42. The summed E-state index contributed by atoms with van der Waals surface area (Å²) in [5.41, 5.74) is 3.01. The lowest BCUT2D eigenvalue weighted by Gasteiger charge is -2.16. The first-order valence-corrected chi connectivity index (χ1v) is 8.82. The van der Waals surface area contributed by atoms with E-state index >= 15 is 0 Å². The maximum Gasteiger partial charge on any atom is 0.255 e. The van der Waals surface area contributed by atoms with Crippen LogP contribution in [0, 0.1) is 6.92 Å². The van der Waals surface area contributed by atoms with E-state index in [-0.39, 0.29) is 17.2 Å². The zero-order valence-electron chi connectivity index (χ0n) is 14.8. The van der Waals surface area contributed by atoms with Crippen LogP contribution in [0.2, 0.25) is 0 Å². The highest BCUT2D eigenvalue weighted by Crippen LogP contribution is 2.48. The summed E-state index contributed by atoms with van der Waals surface area (Å²) >= 11 is 0. The van der Waals surface area contributed by atoms with Crippen LogP contribution in [-0.2, 0) is 10.2 Å². The van der Waals surface area contributed by atoms with Crippen molar-refractivity contribution >= 4 is 17.5 Å².